The van der Waals surface area contributed by atoms with Crippen molar-refractivity contribution in [2.75, 3.05) is 34.3 Å². The molecule has 0 aliphatic heterocycles. The average molecular weight is 284 g/mol. The molecule has 2 N–H and O–H groups in total. The second kappa shape index (κ2) is 7.02. The van der Waals surface area contributed by atoms with E-state index in [2.05, 4.69) is 5.32 Å². The summed E-state index contributed by atoms with van der Waals surface area (Å²) < 4.78 is 18.3. The number of likely N-dealkylation sites (N-methyl/N-ethyl adjacent to an activating group) is 1. The number of rotatable bonds is 7. The third kappa shape index (κ3) is 5.07. The van der Waals surface area contributed by atoms with Gasteiger partial charge in [-0.05, 0) is 45.6 Å². The number of halogens is 1. The molecule has 0 aliphatic rings. The van der Waals surface area contributed by atoms with E-state index >= 15 is 0 Å². The molecule has 0 amide bonds. The Morgan fingerprint density at radius 1 is 1.45 bits per heavy atom. The molecule has 5 heteroatoms. The number of hydrogen-bond acceptors (Lipinski definition) is 4. The Morgan fingerprint density at radius 3 is 2.65 bits per heavy atom. The van der Waals surface area contributed by atoms with Crippen LogP contribution < -0.4 is 10.1 Å². The van der Waals surface area contributed by atoms with Crippen LogP contribution >= 0.6 is 0 Å². The highest BCUT2D eigenvalue weighted by atomic mass is 19.1. The van der Waals surface area contributed by atoms with Crippen LogP contribution in [0.15, 0.2) is 18.2 Å². The molecule has 0 saturated heterocycles. The minimum Gasteiger partial charge on any atom is -0.494 e. The molecular weight excluding hydrogens is 259 g/mol. The zero-order valence-electron chi connectivity index (χ0n) is 12.9. The van der Waals surface area contributed by atoms with E-state index in [0.717, 1.165) is 5.56 Å². The molecule has 1 aromatic carbocycles. The molecule has 0 spiro atoms. The topological polar surface area (TPSA) is 44.7 Å². The lowest BCUT2D eigenvalue weighted by Gasteiger charge is -2.29. The van der Waals surface area contributed by atoms with Crippen molar-refractivity contribution in [2.45, 2.75) is 25.5 Å². The van der Waals surface area contributed by atoms with Crippen LogP contribution in [0.4, 0.5) is 4.39 Å². The van der Waals surface area contributed by atoms with E-state index in [1.165, 1.54) is 13.2 Å². The van der Waals surface area contributed by atoms with Crippen molar-refractivity contribution in [3.8, 4) is 5.75 Å². The third-order valence-electron chi connectivity index (χ3n) is 3.12. The maximum atomic E-state index is 13.4. The minimum atomic E-state index is -0.818. The summed E-state index contributed by atoms with van der Waals surface area (Å²) in [6.45, 7) is 4.78. The van der Waals surface area contributed by atoms with Gasteiger partial charge >= 0.3 is 0 Å². The number of hydrogen-bond donors (Lipinski definition) is 2. The Kier molecular flexibility index (Phi) is 5.92. The Labute approximate surface area is 120 Å². The van der Waals surface area contributed by atoms with Crippen LogP contribution in [-0.4, -0.2) is 49.9 Å². The first-order valence-corrected chi connectivity index (χ1v) is 6.69. The molecule has 0 saturated carbocycles. The van der Waals surface area contributed by atoms with Gasteiger partial charge in [0, 0.05) is 19.1 Å². The zero-order valence-corrected chi connectivity index (χ0v) is 12.9. The highest BCUT2D eigenvalue weighted by Gasteiger charge is 2.22. The number of ether oxygens (including phenoxy) is 1. The predicted molar refractivity (Wildman–Crippen MR) is 78.5 cm³/mol. The first kappa shape index (κ1) is 16.9. The Balaban J connectivity index is 2.65. The van der Waals surface area contributed by atoms with Crippen molar-refractivity contribution in [2.24, 2.45) is 0 Å². The number of methoxy groups -OCH3 is 1. The van der Waals surface area contributed by atoms with Gasteiger partial charge in [-0.15, -0.1) is 0 Å². The van der Waals surface area contributed by atoms with Crippen LogP contribution in [0.3, 0.4) is 0 Å². The molecule has 0 aromatic heterocycles. The fourth-order valence-electron chi connectivity index (χ4n) is 2.17. The normalized spacial score (nSPS) is 16.0. The highest BCUT2D eigenvalue weighted by Crippen LogP contribution is 2.22. The number of nitrogens with one attached hydrogen (secondary N) is 1. The second-order valence-electron chi connectivity index (χ2n) is 5.73. The van der Waals surface area contributed by atoms with Crippen LogP contribution in [0.1, 0.15) is 25.5 Å². The molecule has 2 atom stereocenters. The molecule has 0 fully saturated rings. The third-order valence-corrected chi connectivity index (χ3v) is 3.12. The van der Waals surface area contributed by atoms with Crippen LogP contribution in [0, 0.1) is 5.82 Å². The van der Waals surface area contributed by atoms with E-state index in [4.69, 9.17) is 4.74 Å². The van der Waals surface area contributed by atoms with E-state index in [1.807, 2.05) is 25.9 Å². The fraction of sp³-hybridized carbons (Fsp3) is 0.600. The zero-order chi connectivity index (χ0) is 15.3. The Hall–Kier alpha value is -1.17. The van der Waals surface area contributed by atoms with Gasteiger partial charge < -0.3 is 20.1 Å². The van der Waals surface area contributed by atoms with E-state index in [9.17, 15) is 9.50 Å². The van der Waals surface area contributed by atoms with Gasteiger partial charge in [-0.1, -0.05) is 6.07 Å². The van der Waals surface area contributed by atoms with Gasteiger partial charge in [0.15, 0.2) is 11.6 Å². The average Bonchev–Trinajstić information content (AvgIpc) is 2.35. The molecule has 0 radical (unpaired) electrons. The molecule has 4 nitrogen and oxygen atoms in total. The summed E-state index contributed by atoms with van der Waals surface area (Å²) >= 11 is 0. The van der Waals surface area contributed by atoms with Crippen LogP contribution in [0.5, 0.6) is 5.75 Å². The largest absolute Gasteiger partial charge is 0.494 e. The smallest absolute Gasteiger partial charge is 0.165 e. The number of nitrogens with zero attached hydrogens (tertiary/aromatic N) is 1. The molecule has 1 aromatic rings. The first-order chi connectivity index (χ1) is 9.25. The molecule has 0 aliphatic carbocycles. The van der Waals surface area contributed by atoms with Gasteiger partial charge in [0.25, 0.3) is 0 Å². The van der Waals surface area contributed by atoms with Crippen molar-refractivity contribution in [1.82, 2.24) is 10.2 Å². The van der Waals surface area contributed by atoms with Crippen LogP contribution in [0.2, 0.25) is 0 Å². The minimum absolute atomic E-state index is 0.00172. The van der Waals surface area contributed by atoms with Gasteiger partial charge in [0.1, 0.15) is 0 Å². The number of benzene rings is 1. The van der Waals surface area contributed by atoms with Crippen molar-refractivity contribution >= 4 is 0 Å². The lowest BCUT2D eigenvalue weighted by atomic mass is 10.0. The molecule has 0 bridgehead atoms. The van der Waals surface area contributed by atoms with E-state index < -0.39 is 5.60 Å². The fourth-order valence-corrected chi connectivity index (χ4v) is 2.17. The van der Waals surface area contributed by atoms with E-state index in [-0.39, 0.29) is 17.6 Å². The molecule has 1 rings (SSSR count). The molecule has 2 unspecified atom stereocenters. The molecule has 114 valence electrons. The monoisotopic (exact) mass is 284 g/mol. The Morgan fingerprint density at radius 2 is 2.10 bits per heavy atom. The van der Waals surface area contributed by atoms with Crippen LogP contribution in [0.25, 0.3) is 0 Å². The summed E-state index contributed by atoms with van der Waals surface area (Å²) in [6, 6.07) is 4.78. The number of aliphatic hydroxyl groups is 1. The van der Waals surface area contributed by atoms with Crippen molar-refractivity contribution in [3.63, 3.8) is 0 Å². The SMILES string of the molecule is COc1cc(C(C)NCC(C)(O)CN(C)C)ccc1F. The van der Waals surface area contributed by atoms with Gasteiger partial charge in [-0.2, -0.15) is 0 Å². The molecular formula is C15H25FN2O2. The van der Waals surface area contributed by atoms with Crippen molar-refractivity contribution < 1.29 is 14.2 Å². The van der Waals surface area contributed by atoms with Gasteiger partial charge in [0.2, 0.25) is 0 Å². The summed E-state index contributed by atoms with van der Waals surface area (Å²) in [5.74, 6) is -0.140. The molecule has 0 heterocycles. The summed E-state index contributed by atoms with van der Waals surface area (Å²) in [5.41, 5.74) is 0.103. The van der Waals surface area contributed by atoms with Crippen molar-refractivity contribution in [1.29, 1.82) is 0 Å². The summed E-state index contributed by atoms with van der Waals surface area (Å²) in [7, 11) is 5.29. The first-order valence-electron chi connectivity index (χ1n) is 6.69. The maximum Gasteiger partial charge on any atom is 0.165 e. The lowest BCUT2D eigenvalue weighted by Crippen LogP contribution is -2.46. The summed E-state index contributed by atoms with van der Waals surface area (Å²) in [5, 5.41) is 13.5. The van der Waals surface area contributed by atoms with Gasteiger partial charge in [-0.25, -0.2) is 4.39 Å². The predicted octanol–water partition coefficient (Wildman–Crippen LogP) is 1.80. The highest BCUT2D eigenvalue weighted by molar-refractivity contribution is 5.31. The van der Waals surface area contributed by atoms with Gasteiger partial charge in [-0.3, -0.25) is 0 Å². The van der Waals surface area contributed by atoms with Crippen molar-refractivity contribution in [3.05, 3.63) is 29.6 Å². The summed E-state index contributed by atoms with van der Waals surface area (Å²) in [6.07, 6.45) is 0. The van der Waals surface area contributed by atoms with Gasteiger partial charge in [0.05, 0.1) is 12.7 Å². The summed E-state index contributed by atoms with van der Waals surface area (Å²) in [4.78, 5) is 1.94. The second-order valence-corrected chi connectivity index (χ2v) is 5.73. The lowest BCUT2D eigenvalue weighted by molar-refractivity contribution is 0.0317. The Bertz CT molecular complexity index is 436. The quantitative estimate of drug-likeness (QED) is 0.801. The maximum absolute atomic E-state index is 13.4. The standard InChI is InChI=1S/C15H25FN2O2/c1-11(17-9-15(2,19)10-18(3)4)12-6-7-13(16)14(8-12)20-5/h6-8,11,17,19H,9-10H2,1-5H3. The van der Waals surface area contributed by atoms with E-state index in [1.54, 1.807) is 19.1 Å². The van der Waals surface area contributed by atoms with Crippen LogP contribution in [-0.2, 0) is 0 Å². The molecule has 20 heavy (non-hydrogen) atoms. The van der Waals surface area contributed by atoms with E-state index in [0.29, 0.717) is 13.1 Å².